The van der Waals surface area contributed by atoms with Crippen molar-refractivity contribution in [3.63, 3.8) is 0 Å². The summed E-state index contributed by atoms with van der Waals surface area (Å²) >= 11 is 5.39. The van der Waals surface area contributed by atoms with Gasteiger partial charge in [0.1, 0.15) is 11.0 Å². The molecule has 1 aromatic carbocycles. The van der Waals surface area contributed by atoms with Crippen LogP contribution in [0.3, 0.4) is 0 Å². The smallest absolute Gasteiger partial charge is 0.207 e. The Balaban J connectivity index is 3.73. The monoisotopic (exact) mass is 317 g/mol. The van der Waals surface area contributed by atoms with Crippen LogP contribution in [0.4, 0.5) is 13.2 Å². The molecule has 0 aliphatic carbocycles. The van der Waals surface area contributed by atoms with Crippen molar-refractivity contribution in [1.82, 2.24) is 0 Å². The predicted molar refractivity (Wildman–Crippen MR) is 58.8 cm³/mol. The van der Waals surface area contributed by atoms with Gasteiger partial charge in [0.2, 0.25) is 0 Å². The van der Waals surface area contributed by atoms with Gasteiger partial charge in [0.25, 0.3) is 9.05 Å². The molecule has 0 unspecified atom stereocenters. The van der Waals surface area contributed by atoms with Crippen LogP contribution in [0.5, 0.6) is 0 Å². The van der Waals surface area contributed by atoms with Crippen molar-refractivity contribution < 1.29 is 21.6 Å². The first-order chi connectivity index (χ1) is 8.11. The van der Waals surface area contributed by atoms with E-state index < -0.39 is 37.1 Å². The summed E-state index contributed by atoms with van der Waals surface area (Å²) in [5, 5.41) is 8.71. The molecule has 0 saturated heterocycles. The van der Waals surface area contributed by atoms with Crippen molar-refractivity contribution >= 4 is 31.3 Å². The van der Waals surface area contributed by atoms with E-state index in [2.05, 4.69) is 0 Å². The lowest BCUT2D eigenvalue weighted by atomic mass is 10.1. The lowest BCUT2D eigenvalue weighted by Crippen LogP contribution is -2.09. The van der Waals surface area contributed by atoms with Crippen molar-refractivity contribution in [3.8, 4) is 6.07 Å². The third kappa shape index (κ3) is 3.07. The topological polar surface area (TPSA) is 57.9 Å². The summed E-state index contributed by atoms with van der Waals surface area (Å²) in [5.41, 5.74) is -2.20. The number of nitrogens with zero attached hydrogens (tertiary/aromatic N) is 1. The Bertz CT molecular complexity index is 620. The van der Waals surface area contributed by atoms with Gasteiger partial charge in [-0.15, -0.1) is 11.6 Å². The van der Waals surface area contributed by atoms with Gasteiger partial charge < -0.3 is 0 Å². The molecule has 98 valence electrons. The second kappa shape index (κ2) is 4.96. The molecule has 0 heterocycles. The molecule has 0 radical (unpaired) electrons. The van der Waals surface area contributed by atoms with Gasteiger partial charge in [-0.25, -0.2) is 8.42 Å². The third-order valence-electron chi connectivity index (χ3n) is 2.00. The molecule has 0 fully saturated rings. The van der Waals surface area contributed by atoms with Gasteiger partial charge in [-0.3, -0.25) is 0 Å². The molecule has 0 saturated carbocycles. The predicted octanol–water partition coefficient (Wildman–Crippen LogP) is 3.24. The molecule has 0 aliphatic heterocycles. The second-order valence-electron chi connectivity index (χ2n) is 3.19. The molecule has 3 nitrogen and oxygen atoms in total. The molecule has 0 N–H and O–H groups in total. The van der Waals surface area contributed by atoms with Crippen LogP contribution in [0.1, 0.15) is 16.7 Å². The zero-order valence-corrected chi connectivity index (χ0v) is 10.8. The highest BCUT2D eigenvalue weighted by atomic mass is 35.7. The summed E-state index contributed by atoms with van der Waals surface area (Å²) in [6.07, 6.45) is -4.71. The number of nitriles is 1. The lowest BCUT2D eigenvalue weighted by Gasteiger charge is -2.12. The van der Waals surface area contributed by atoms with Crippen LogP contribution >= 0.6 is 22.3 Å². The summed E-state index contributed by atoms with van der Waals surface area (Å²) in [6, 6.07) is 2.35. The number of alkyl halides is 4. The van der Waals surface area contributed by atoms with Crippen LogP contribution in [0.25, 0.3) is 0 Å². The van der Waals surface area contributed by atoms with Gasteiger partial charge in [0.15, 0.2) is 0 Å². The van der Waals surface area contributed by atoms with E-state index >= 15 is 0 Å². The van der Waals surface area contributed by atoms with Crippen LogP contribution in [0.15, 0.2) is 17.0 Å². The van der Waals surface area contributed by atoms with E-state index in [1.807, 2.05) is 0 Å². The zero-order valence-electron chi connectivity index (χ0n) is 8.42. The minimum Gasteiger partial charge on any atom is -0.207 e. The Kier molecular flexibility index (Phi) is 4.15. The molecular weight excluding hydrogens is 314 g/mol. The summed E-state index contributed by atoms with van der Waals surface area (Å²) in [7, 11) is 0.722. The van der Waals surface area contributed by atoms with Gasteiger partial charge in [0.05, 0.1) is 11.1 Å². The van der Waals surface area contributed by atoms with Crippen molar-refractivity contribution in [2.75, 3.05) is 0 Å². The molecule has 9 heteroatoms. The molecule has 0 spiro atoms. The Morgan fingerprint density at radius 2 is 1.89 bits per heavy atom. The van der Waals surface area contributed by atoms with Crippen LogP contribution in [-0.2, 0) is 21.1 Å². The van der Waals surface area contributed by atoms with Crippen molar-refractivity contribution in [2.24, 2.45) is 0 Å². The van der Waals surface area contributed by atoms with E-state index in [1.165, 1.54) is 6.07 Å². The maximum absolute atomic E-state index is 12.5. The summed E-state index contributed by atoms with van der Waals surface area (Å²) in [5.74, 6) is -0.514. The molecule has 0 aromatic heterocycles. The van der Waals surface area contributed by atoms with E-state index in [0.717, 1.165) is 0 Å². The van der Waals surface area contributed by atoms with E-state index in [0.29, 0.717) is 12.1 Å². The highest BCUT2D eigenvalue weighted by Gasteiger charge is 2.33. The van der Waals surface area contributed by atoms with Crippen LogP contribution in [-0.4, -0.2) is 8.42 Å². The Morgan fingerprint density at radius 1 is 1.33 bits per heavy atom. The summed E-state index contributed by atoms with van der Waals surface area (Å²) in [4.78, 5) is -0.685. The molecular formula is C9H4Cl2F3NO2S. The molecule has 18 heavy (non-hydrogen) atoms. The molecule has 0 bridgehead atoms. The maximum Gasteiger partial charge on any atom is 0.416 e. The first-order valence-electron chi connectivity index (χ1n) is 4.26. The van der Waals surface area contributed by atoms with Crippen molar-refractivity contribution in [1.29, 1.82) is 5.26 Å². The van der Waals surface area contributed by atoms with E-state index in [4.69, 9.17) is 27.5 Å². The molecule has 0 atom stereocenters. The van der Waals surface area contributed by atoms with Crippen LogP contribution in [0.2, 0.25) is 0 Å². The van der Waals surface area contributed by atoms with Crippen LogP contribution < -0.4 is 0 Å². The minimum atomic E-state index is -4.71. The SMILES string of the molecule is N#Cc1cc(C(F)(F)F)cc(CCl)c1S(=O)(=O)Cl. The highest BCUT2D eigenvalue weighted by molar-refractivity contribution is 8.13. The van der Waals surface area contributed by atoms with Crippen molar-refractivity contribution in [2.45, 2.75) is 17.0 Å². The van der Waals surface area contributed by atoms with Gasteiger partial charge in [0, 0.05) is 16.6 Å². The van der Waals surface area contributed by atoms with E-state index in [-0.39, 0.29) is 5.56 Å². The number of hydrogen-bond acceptors (Lipinski definition) is 3. The normalized spacial score (nSPS) is 12.2. The quantitative estimate of drug-likeness (QED) is 0.621. The van der Waals surface area contributed by atoms with E-state index in [9.17, 15) is 21.6 Å². The minimum absolute atomic E-state index is 0.363. The highest BCUT2D eigenvalue weighted by Crippen LogP contribution is 2.35. The lowest BCUT2D eigenvalue weighted by molar-refractivity contribution is -0.137. The Morgan fingerprint density at radius 3 is 2.22 bits per heavy atom. The summed E-state index contributed by atoms with van der Waals surface area (Å²) < 4.78 is 60.0. The van der Waals surface area contributed by atoms with Gasteiger partial charge in [-0.05, 0) is 17.7 Å². The largest absolute Gasteiger partial charge is 0.416 e. The fourth-order valence-electron chi connectivity index (χ4n) is 1.32. The first kappa shape index (κ1) is 15.1. The standard InChI is InChI=1S/C9H4Cl2F3NO2S/c10-3-5-1-7(9(12,13)14)2-6(4-15)8(5)18(11,16)17/h1-2H,3H2. The maximum atomic E-state index is 12.5. The van der Waals surface area contributed by atoms with E-state index in [1.54, 1.807) is 0 Å². The average molecular weight is 318 g/mol. The molecule has 0 amide bonds. The average Bonchev–Trinajstić information content (AvgIpc) is 2.24. The number of hydrogen-bond donors (Lipinski definition) is 0. The third-order valence-corrected chi connectivity index (χ3v) is 3.72. The molecule has 1 rings (SSSR count). The first-order valence-corrected chi connectivity index (χ1v) is 7.10. The van der Waals surface area contributed by atoms with Gasteiger partial charge >= 0.3 is 6.18 Å². The zero-order chi connectivity index (χ0) is 14.1. The van der Waals surface area contributed by atoms with Crippen molar-refractivity contribution in [3.05, 3.63) is 28.8 Å². The van der Waals surface area contributed by atoms with Crippen LogP contribution in [0, 0.1) is 11.3 Å². The molecule has 0 aliphatic rings. The Hall–Kier alpha value is -0.970. The fraction of sp³-hybridized carbons (Fsp3) is 0.222. The molecule has 1 aromatic rings. The fourth-order valence-corrected chi connectivity index (χ4v) is 2.97. The summed E-state index contributed by atoms with van der Waals surface area (Å²) in [6.45, 7) is 0. The number of halogens is 5. The number of benzene rings is 1. The second-order valence-corrected chi connectivity index (χ2v) is 5.96. The number of rotatable bonds is 2. The van der Waals surface area contributed by atoms with Gasteiger partial charge in [-0.2, -0.15) is 18.4 Å². The Labute approximate surface area is 110 Å². The van der Waals surface area contributed by atoms with Gasteiger partial charge in [-0.1, -0.05) is 0 Å².